The Labute approximate surface area is 128 Å². The average molecular weight is 313 g/mol. The van der Waals surface area contributed by atoms with Crippen LogP contribution in [0.3, 0.4) is 0 Å². The van der Waals surface area contributed by atoms with Gasteiger partial charge in [0.05, 0.1) is 17.7 Å². The second-order valence-electron chi connectivity index (χ2n) is 4.84. The average Bonchev–Trinajstić information content (AvgIpc) is 2.46. The molecule has 0 bridgehead atoms. The van der Waals surface area contributed by atoms with Gasteiger partial charge in [0, 0.05) is 24.0 Å². The summed E-state index contributed by atoms with van der Waals surface area (Å²) in [5, 5.41) is 0.540. The smallest absolute Gasteiger partial charge is 0.257 e. The van der Waals surface area contributed by atoms with Gasteiger partial charge in [-0.3, -0.25) is 4.79 Å². The van der Waals surface area contributed by atoms with E-state index in [9.17, 15) is 4.79 Å². The first-order valence-electron chi connectivity index (χ1n) is 6.45. The number of piperidine rings is 1. The second kappa shape index (κ2) is 6.41. The molecule has 1 atom stereocenters. The number of hydrogen-bond donors (Lipinski definition) is 1. The van der Waals surface area contributed by atoms with E-state index in [0.29, 0.717) is 34.4 Å². The molecule has 2 rings (SSSR count). The number of amides is 1. The Morgan fingerprint density at radius 1 is 1.55 bits per heavy atom. The molecule has 0 aliphatic carbocycles. The highest BCUT2D eigenvalue weighted by Crippen LogP contribution is 2.26. The lowest BCUT2D eigenvalue weighted by molar-refractivity contribution is 0.0700. The predicted molar refractivity (Wildman–Crippen MR) is 83.4 cm³/mol. The van der Waals surface area contributed by atoms with Gasteiger partial charge < -0.3 is 15.4 Å². The van der Waals surface area contributed by atoms with Crippen molar-refractivity contribution in [1.82, 2.24) is 4.90 Å². The van der Waals surface area contributed by atoms with Crippen molar-refractivity contribution in [2.45, 2.75) is 12.8 Å². The maximum atomic E-state index is 12.6. The molecule has 1 aromatic rings. The van der Waals surface area contributed by atoms with Crippen molar-refractivity contribution in [3.8, 4) is 5.75 Å². The number of likely N-dealkylation sites (tertiary alicyclic amines) is 1. The van der Waals surface area contributed by atoms with E-state index in [4.69, 9.17) is 34.3 Å². The summed E-state index contributed by atoms with van der Waals surface area (Å²) in [5.74, 6) is 0.514. The van der Waals surface area contributed by atoms with Crippen LogP contribution in [0.4, 0.5) is 0 Å². The van der Waals surface area contributed by atoms with E-state index in [-0.39, 0.29) is 11.8 Å². The first-order chi connectivity index (χ1) is 9.52. The molecule has 1 aliphatic heterocycles. The van der Waals surface area contributed by atoms with Gasteiger partial charge in [0.2, 0.25) is 0 Å². The summed E-state index contributed by atoms with van der Waals surface area (Å²) >= 11 is 10.9. The van der Waals surface area contributed by atoms with Crippen LogP contribution in [0.5, 0.6) is 5.75 Å². The number of rotatable bonds is 3. The van der Waals surface area contributed by atoms with Crippen molar-refractivity contribution in [2.24, 2.45) is 11.7 Å². The largest absolute Gasteiger partial charge is 0.496 e. The number of hydrogen-bond acceptors (Lipinski definition) is 3. The van der Waals surface area contributed by atoms with E-state index in [1.165, 1.54) is 7.11 Å². The van der Waals surface area contributed by atoms with Gasteiger partial charge in [0.15, 0.2) is 0 Å². The zero-order valence-electron chi connectivity index (χ0n) is 11.3. The van der Waals surface area contributed by atoms with Crippen LogP contribution >= 0.6 is 23.8 Å². The molecule has 1 fully saturated rings. The molecule has 20 heavy (non-hydrogen) atoms. The number of thiocarbonyl (C=S) groups is 1. The van der Waals surface area contributed by atoms with Crippen LogP contribution in [-0.2, 0) is 0 Å². The monoisotopic (exact) mass is 312 g/mol. The molecule has 1 aromatic carbocycles. The number of nitrogens with zero attached hydrogens (tertiary/aromatic N) is 1. The highest BCUT2D eigenvalue weighted by Gasteiger charge is 2.27. The number of nitrogens with two attached hydrogens (primary N) is 1. The van der Waals surface area contributed by atoms with Crippen molar-refractivity contribution in [3.63, 3.8) is 0 Å². The first kappa shape index (κ1) is 15.1. The van der Waals surface area contributed by atoms with E-state index < -0.39 is 0 Å². The number of carbonyl (C=O) groups excluding carboxylic acids is 1. The molecular formula is C14H17ClN2O2S. The lowest BCUT2D eigenvalue weighted by atomic mass is 9.97. The predicted octanol–water partition coefficient (Wildman–Crippen LogP) is 2.49. The number of methoxy groups -OCH3 is 1. The lowest BCUT2D eigenvalue weighted by Crippen LogP contribution is -2.43. The number of ether oxygens (including phenoxy) is 1. The fourth-order valence-corrected chi connectivity index (χ4v) is 2.76. The fourth-order valence-electron chi connectivity index (χ4n) is 2.41. The minimum Gasteiger partial charge on any atom is -0.496 e. The molecule has 2 N–H and O–H groups in total. The molecule has 4 nitrogen and oxygen atoms in total. The molecule has 0 saturated carbocycles. The zero-order chi connectivity index (χ0) is 14.7. The molecular weight excluding hydrogens is 296 g/mol. The summed E-state index contributed by atoms with van der Waals surface area (Å²) in [7, 11) is 1.52. The van der Waals surface area contributed by atoms with Crippen LogP contribution in [0.2, 0.25) is 5.02 Å². The summed E-state index contributed by atoms with van der Waals surface area (Å²) in [6.07, 6.45) is 1.85. The number of halogens is 1. The Bertz CT molecular complexity index is 536. The van der Waals surface area contributed by atoms with Gasteiger partial charge in [-0.1, -0.05) is 23.8 Å². The zero-order valence-corrected chi connectivity index (χ0v) is 12.8. The third-order valence-corrected chi connectivity index (χ3v) is 4.07. The first-order valence-corrected chi connectivity index (χ1v) is 7.23. The van der Waals surface area contributed by atoms with Crippen molar-refractivity contribution in [1.29, 1.82) is 0 Å². The van der Waals surface area contributed by atoms with Crippen molar-refractivity contribution in [2.75, 3.05) is 20.2 Å². The van der Waals surface area contributed by atoms with Gasteiger partial charge >= 0.3 is 0 Å². The molecule has 108 valence electrons. The summed E-state index contributed by atoms with van der Waals surface area (Å²) in [6.45, 7) is 1.28. The van der Waals surface area contributed by atoms with Gasteiger partial charge in [-0.15, -0.1) is 0 Å². The summed E-state index contributed by atoms with van der Waals surface area (Å²) < 4.78 is 5.23. The SMILES string of the molecule is COc1cc(Cl)ccc1C(=O)N1CCCC(C(N)=S)C1. The van der Waals surface area contributed by atoms with Crippen LogP contribution in [-0.4, -0.2) is 36.0 Å². The van der Waals surface area contributed by atoms with E-state index in [1.807, 2.05) is 0 Å². The quantitative estimate of drug-likeness (QED) is 0.871. The van der Waals surface area contributed by atoms with Gasteiger partial charge in [-0.05, 0) is 31.0 Å². The maximum absolute atomic E-state index is 12.6. The number of carbonyl (C=O) groups is 1. The van der Waals surface area contributed by atoms with E-state index in [0.717, 1.165) is 12.8 Å². The molecule has 1 amide bonds. The van der Waals surface area contributed by atoms with Crippen LogP contribution < -0.4 is 10.5 Å². The maximum Gasteiger partial charge on any atom is 0.257 e. The van der Waals surface area contributed by atoms with Crippen molar-refractivity contribution < 1.29 is 9.53 Å². The molecule has 1 saturated heterocycles. The third kappa shape index (κ3) is 3.22. The second-order valence-corrected chi connectivity index (χ2v) is 5.75. The molecule has 6 heteroatoms. The molecule has 1 unspecified atom stereocenters. The standard InChI is InChI=1S/C14H17ClN2O2S/c1-19-12-7-10(15)4-5-11(12)14(18)17-6-2-3-9(8-17)13(16)20/h4-5,7,9H,2-3,6,8H2,1H3,(H2,16,20). The Balaban J connectivity index is 2.20. The minimum absolute atomic E-state index is 0.0699. The lowest BCUT2D eigenvalue weighted by Gasteiger charge is -2.32. The Morgan fingerprint density at radius 3 is 2.95 bits per heavy atom. The third-order valence-electron chi connectivity index (χ3n) is 3.50. The minimum atomic E-state index is -0.0699. The highest BCUT2D eigenvalue weighted by molar-refractivity contribution is 7.80. The van der Waals surface area contributed by atoms with Gasteiger partial charge in [0.1, 0.15) is 5.75 Å². The number of benzene rings is 1. The van der Waals surface area contributed by atoms with Crippen LogP contribution in [0.25, 0.3) is 0 Å². The van der Waals surface area contributed by atoms with Crippen molar-refractivity contribution in [3.05, 3.63) is 28.8 Å². The Hall–Kier alpha value is -1.33. The van der Waals surface area contributed by atoms with Crippen LogP contribution in [0.1, 0.15) is 23.2 Å². The van der Waals surface area contributed by atoms with E-state index in [1.54, 1.807) is 23.1 Å². The Kier molecular flexibility index (Phi) is 4.83. The van der Waals surface area contributed by atoms with Gasteiger partial charge in [-0.25, -0.2) is 0 Å². The van der Waals surface area contributed by atoms with Crippen LogP contribution in [0.15, 0.2) is 18.2 Å². The van der Waals surface area contributed by atoms with Crippen LogP contribution in [0, 0.1) is 5.92 Å². The molecule has 0 spiro atoms. The van der Waals surface area contributed by atoms with Gasteiger partial charge in [-0.2, -0.15) is 0 Å². The summed E-state index contributed by atoms with van der Waals surface area (Å²) in [4.78, 5) is 14.8. The summed E-state index contributed by atoms with van der Waals surface area (Å²) in [5.41, 5.74) is 6.21. The summed E-state index contributed by atoms with van der Waals surface area (Å²) in [6, 6.07) is 5.02. The molecule has 1 heterocycles. The molecule has 1 aliphatic rings. The molecule has 0 radical (unpaired) electrons. The topological polar surface area (TPSA) is 55.6 Å². The van der Waals surface area contributed by atoms with E-state index in [2.05, 4.69) is 0 Å². The Morgan fingerprint density at radius 2 is 2.30 bits per heavy atom. The fraction of sp³-hybridized carbons (Fsp3) is 0.429. The highest BCUT2D eigenvalue weighted by atomic mass is 35.5. The van der Waals surface area contributed by atoms with Crippen molar-refractivity contribution >= 4 is 34.7 Å². The van der Waals surface area contributed by atoms with E-state index >= 15 is 0 Å². The van der Waals surface area contributed by atoms with Gasteiger partial charge in [0.25, 0.3) is 5.91 Å². The molecule has 0 aromatic heterocycles. The normalized spacial score (nSPS) is 18.7.